The third-order valence-corrected chi connectivity index (χ3v) is 4.24. The number of anilines is 1. The molecule has 2 rings (SSSR count). The summed E-state index contributed by atoms with van der Waals surface area (Å²) in [5.41, 5.74) is 5.89. The van der Waals surface area contributed by atoms with Gasteiger partial charge in [-0.3, -0.25) is 4.21 Å². The van der Waals surface area contributed by atoms with Crippen LogP contribution in [0.5, 0.6) is 0 Å². The Kier molecular flexibility index (Phi) is 4.17. The van der Waals surface area contributed by atoms with Gasteiger partial charge in [-0.05, 0) is 35.9 Å². The number of benzene rings is 2. The van der Waals surface area contributed by atoms with E-state index in [0.29, 0.717) is 10.5 Å². The maximum Gasteiger partial charge on any atom is 0.147 e. The van der Waals surface area contributed by atoms with Crippen LogP contribution in [0.1, 0.15) is 5.56 Å². The molecule has 0 aliphatic carbocycles. The van der Waals surface area contributed by atoms with Crippen LogP contribution < -0.4 is 5.73 Å². The summed E-state index contributed by atoms with van der Waals surface area (Å²) in [7, 11) is -1.47. The van der Waals surface area contributed by atoms with Gasteiger partial charge >= 0.3 is 0 Å². The summed E-state index contributed by atoms with van der Waals surface area (Å²) in [5, 5.41) is 0.198. The van der Waals surface area contributed by atoms with E-state index < -0.39 is 22.4 Å². The Morgan fingerprint density at radius 2 is 1.89 bits per heavy atom. The second-order valence-corrected chi connectivity index (χ2v) is 5.77. The van der Waals surface area contributed by atoms with Gasteiger partial charge in [0.25, 0.3) is 0 Å². The highest BCUT2D eigenvalue weighted by Gasteiger charge is 2.10. The monoisotopic (exact) mass is 301 g/mol. The molecule has 19 heavy (non-hydrogen) atoms. The molecule has 0 radical (unpaired) electrons. The molecule has 100 valence electrons. The molecule has 2 N–H and O–H groups in total. The maximum absolute atomic E-state index is 13.3. The first-order chi connectivity index (χ1) is 8.97. The highest BCUT2D eigenvalue weighted by Crippen LogP contribution is 2.22. The highest BCUT2D eigenvalue weighted by atomic mass is 35.5. The summed E-state index contributed by atoms with van der Waals surface area (Å²) in [6.45, 7) is 0. The minimum absolute atomic E-state index is 0.000523. The number of nitrogens with two attached hydrogens (primary N) is 1. The van der Waals surface area contributed by atoms with Crippen molar-refractivity contribution in [3.05, 3.63) is 58.6 Å². The van der Waals surface area contributed by atoms with Crippen molar-refractivity contribution in [1.29, 1.82) is 0 Å². The van der Waals surface area contributed by atoms with Crippen molar-refractivity contribution in [2.75, 3.05) is 5.73 Å². The molecule has 0 saturated carbocycles. The predicted molar refractivity (Wildman–Crippen MR) is 72.3 cm³/mol. The van der Waals surface area contributed by atoms with Crippen LogP contribution in [-0.2, 0) is 16.6 Å². The van der Waals surface area contributed by atoms with Gasteiger partial charge in [-0.1, -0.05) is 17.7 Å². The van der Waals surface area contributed by atoms with Gasteiger partial charge < -0.3 is 5.73 Å². The first kappa shape index (κ1) is 14.0. The van der Waals surface area contributed by atoms with Crippen molar-refractivity contribution in [2.45, 2.75) is 10.6 Å². The average Bonchev–Trinajstić information content (AvgIpc) is 2.36. The van der Waals surface area contributed by atoms with E-state index >= 15 is 0 Å². The second kappa shape index (κ2) is 5.67. The van der Waals surface area contributed by atoms with Gasteiger partial charge in [-0.2, -0.15) is 0 Å². The SMILES string of the molecule is Nc1ccc(S(=O)Cc2ccc(F)cc2Cl)cc1F. The zero-order valence-corrected chi connectivity index (χ0v) is 11.3. The lowest BCUT2D eigenvalue weighted by molar-refractivity contribution is 0.627. The molecule has 0 spiro atoms. The largest absolute Gasteiger partial charge is 0.396 e. The van der Waals surface area contributed by atoms with Gasteiger partial charge in [0.1, 0.15) is 11.6 Å². The minimum Gasteiger partial charge on any atom is -0.396 e. The quantitative estimate of drug-likeness (QED) is 0.882. The third kappa shape index (κ3) is 3.30. The number of hydrogen-bond donors (Lipinski definition) is 1. The summed E-state index contributed by atoms with van der Waals surface area (Å²) in [6, 6.07) is 7.83. The molecule has 1 atom stereocenters. The lowest BCUT2D eigenvalue weighted by Crippen LogP contribution is -1.99. The molecule has 0 fully saturated rings. The standard InChI is InChI=1S/C13H10ClF2NOS/c14-11-5-9(15)2-1-8(11)7-19(18)10-3-4-13(17)12(16)6-10/h1-6H,7,17H2. The first-order valence-corrected chi connectivity index (χ1v) is 7.04. The predicted octanol–water partition coefficient (Wildman–Crippen LogP) is 3.51. The van der Waals surface area contributed by atoms with Crippen LogP contribution >= 0.6 is 11.6 Å². The van der Waals surface area contributed by atoms with Crippen molar-refractivity contribution < 1.29 is 13.0 Å². The highest BCUT2D eigenvalue weighted by molar-refractivity contribution is 7.84. The summed E-state index contributed by atoms with van der Waals surface area (Å²) in [6.07, 6.45) is 0. The normalized spacial score (nSPS) is 12.4. The van der Waals surface area contributed by atoms with Crippen LogP contribution in [0, 0.1) is 11.6 Å². The van der Waals surface area contributed by atoms with Gasteiger partial charge in [0.15, 0.2) is 0 Å². The summed E-state index contributed by atoms with van der Waals surface area (Å²) in [4.78, 5) is 0.312. The van der Waals surface area contributed by atoms with Crippen molar-refractivity contribution in [3.8, 4) is 0 Å². The van der Waals surface area contributed by atoms with Gasteiger partial charge in [0.05, 0.1) is 22.2 Å². The van der Waals surface area contributed by atoms with Crippen LogP contribution in [0.2, 0.25) is 5.02 Å². The summed E-state index contributed by atoms with van der Waals surface area (Å²) in [5.74, 6) is -0.989. The van der Waals surface area contributed by atoms with E-state index in [1.807, 2.05) is 0 Å². The fourth-order valence-electron chi connectivity index (χ4n) is 1.51. The Labute approximate surface area is 116 Å². The van der Waals surface area contributed by atoms with E-state index in [2.05, 4.69) is 0 Å². The molecule has 0 heterocycles. The van der Waals surface area contributed by atoms with Crippen LogP contribution in [0.4, 0.5) is 14.5 Å². The molecule has 0 aliphatic heterocycles. The summed E-state index contributed by atoms with van der Waals surface area (Å²) < 4.78 is 38.2. The van der Waals surface area contributed by atoms with Gasteiger partial charge in [-0.25, -0.2) is 8.78 Å². The smallest absolute Gasteiger partial charge is 0.147 e. The Bertz CT molecular complexity index is 649. The van der Waals surface area contributed by atoms with Crippen molar-refractivity contribution in [2.24, 2.45) is 0 Å². The van der Waals surface area contributed by atoms with E-state index in [4.69, 9.17) is 17.3 Å². The van der Waals surface area contributed by atoms with Crippen LogP contribution in [0.25, 0.3) is 0 Å². The molecule has 0 aliphatic rings. The topological polar surface area (TPSA) is 43.1 Å². The zero-order valence-electron chi connectivity index (χ0n) is 9.70. The Hall–Kier alpha value is -1.46. The minimum atomic E-state index is -1.47. The van der Waals surface area contributed by atoms with Crippen molar-refractivity contribution in [3.63, 3.8) is 0 Å². The van der Waals surface area contributed by atoms with E-state index in [1.54, 1.807) is 0 Å². The Morgan fingerprint density at radius 3 is 2.53 bits per heavy atom. The molecule has 2 aromatic rings. The van der Waals surface area contributed by atoms with Gasteiger partial charge in [-0.15, -0.1) is 0 Å². The van der Waals surface area contributed by atoms with Gasteiger partial charge in [0.2, 0.25) is 0 Å². The molecule has 0 amide bonds. The molecule has 2 aromatic carbocycles. The van der Waals surface area contributed by atoms with E-state index in [9.17, 15) is 13.0 Å². The number of hydrogen-bond acceptors (Lipinski definition) is 2. The van der Waals surface area contributed by atoms with Crippen molar-refractivity contribution >= 4 is 28.1 Å². The zero-order chi connectivity index (χ0) is 14.0. The second-order valence-electron chi connectivity index (χ2n) is 3.91. The van der Waals surface area contributed by atoms with Crippen LogP contribution in [-0.4, -0.2) is 4.21 Å². The fourth-order valence-corrected chi connectivity index (χ4v) is 2.98. The molecule has 1 unspecified atom stereocenters. The van der Waals surface area contributed by atoms with Crippen molar-refractivity contribution in [1.82, 2.24) is 0 Å². The number of rotatable bonds is 3. The fraction of sp³-hybridized carbons (Fsp3) is 0.0769. The third-order valence-electron chi connectivity index (χ3n) is 2.54. The lowest BCUT2D eigenvalue weighted by atomic mass is 10.2. The van der Waals surface area contributed by atoms with E-state index in [0.717, 1.165) is 12.1 Å². The maximum atomic E-state index is 13.3. The van der Waals surface area contributed by atoms with Crippen LogP contribution in [0.15, 0.2) is 41.3 Å². The Balaban J connectivity index is 2.23. The number of halogens is 3. The molecule has 2 nitrogen and oxygen atoms in total. The van der Waals surface area contributed by atoms with Gasteiger partial charge in [0, 0.05) is 9.92 Å². The molecule has 0 saturated heterocycles. The molecular formula is C13H10ClF2NOS. The summed E-state index contributed by atoms with van der Waals surface area (Å²) >= 11 is 5.85. The van der Waals surface area contributed by atoms with E-state index in [-0.39, 0.29) is 16.5 Å². The first-order valence-electron chi connectivity index (χ1n) is 5.34. The van der Waals surface area contributed by atoms with E-state index in [1.165, 1.54) is 24.3 Å². The molecule has 0 bridgehead atoms. The number of nitrogen functional groups attached to an aromatic ring is 1. The lowest BCUT2D eigenvalue weighted by Gasteiger charge is -2.06. The molecule has 0 aromatic heterocycles. The average molecular weight is 302 g/mol. The molecular weight excluding hydrogens is 292 g/mol. The molecule has 6 heteroatoms. The van der Waals surface area contributed by atoms with Crippen LogP contribution in [0.3, 0.4) is 0 Å². The Morgan fingerprint density at radius 1 is 1.16 bits per heavy atom.